The van der Waals surface area contributed by atoms with Crippen molar-refractivity contribution in [3.05, 3.63) is 57.1 Å². The molecule has 2 rings (SSSR count). The number of carbonyl (C=O) groups excluding carboxylic acids is 1. The Kier molecular flexibility index (Phi) is 7.48. The third-order valence-electron chi connectivity index (χ3n) is 3.70. The van der Waals surface area contributed by atoms with Gasteiger partial charge in [-0.15, -0.1) is 0 Å². The Balaban J connectivity index is 2.30. The van der Waals surface area contributed by atoms with Crippen LogP contribution in [-0.4, -0.2) is 30.7 Å². The van der Waals surface area contributed by atoms with Crippen LogP contribution in [0.2, 0.25) is 10.0 Å². The number of nitriles is 1. The Labute approximate surface area is 177 Å². The number of hydrogen-bond donors (Lipinski definition) is 2. The van der Waals surface area contributed by atoms with Gasteiger partial charge in [0.05, 0.1) is 12.1 Å². The number of ether oxygens (including phenoxy) is 2. The van der Waals surface area contributed by atoms with Crippen LogP contribution in [0.25, 0.3) is 6.08 Å². The molecule has 2 aromatic rings. The van der Waals surface area contributed by atoms with Gasteiger partial charge in [0.1, 0.15) is 11.6 Å². The lowest BCUT2D eigenvalue weighted by Gasteiger charge is -2.12. The molecule has 0 atom stereocenters. The second kappa shape index (κ2) is 9.82. The van der Waals surface area contributed by atoms with Crippen LogP contribution in [0.15, 0.2) is 35.9 Å². The van der Waals surface area contributed by atoms with E-state index < -0.39 is 18.5 Å². The number of aliphatic carboxylic acids is 1. The molecule has 0 saturated heterocycles. The first-order valence-corrected chi connectivity index (χ1v) is 8.92. The van der Waals surface area contributed by atoms with E-state index in [2.05, 4.69) is 5.32 Å². The van der Waals surface area contributed by atoms with Gasteiger partial charge >= 0.3 is 5.97 Å². The van der Waals surface area contributed by atoms with Crippen molar-refractivity contribution < 1.29 is 24.2 Å². The van der Waals surface area contributed by atoms with Gasteiger partial charge in [-0.1, -0.05) is 29.3 Å². The van der Waals surface area contributed by atoms with E-state index in [0.717, 1.165) is 5.56 Å². The average Bonchev–Trinajstić information content (AvgIpc) is 2.67. The van der Waals surface area contributed by atoms with Gasteiger partial charge in [-0.25, -0.2) is 4.79 Å². The summed E-state index contributed by atoms with van der Waals surface area (Å²) in [6.07, 6.45) is 1.32. The van der Waals surface area contributed by atoms with Crippen LogP contribution >= 0.6 is 23.2 Å². The van der Waals surface area contributed by atoms with Crippen LogP contribution in [0.3, 0.4) is 0 Å². The van der Waals surface area contributed by atoms with Gasteiger partial charge in [-0.05, 0) is 48.4 Å². The minimum atomic E-state index is -1.17. The van der Waals surface area contributed by atoms with Crippen molar-refractivity contribution in [1.82, 2.24) is 0 Å². The van der Waals surface area contributed by atoms with E-state index in [0.29, 0.717) is 16.3 Å². The van der Waals surface area contributed by atoms with Crippen molar-refractivity contribution in [2.45, 2.75) is 6.92 Å². The number of hydrogen-bond acceptors (Lipinski definition) is 5. The Morgan fingerprint density at radius 3 is 2.55 bits per heavy atom. The minimum Gasteiger partial charge on any atom is -0.493 e. The van der Waals surface area contributed by atoms with Crippen LogP contribution in [0.5, 0.6) is 11.5 Å². The van der Waals surface area contributed by atoms with Crippen molar-refractivity contribution in [1.29, 1.82) is 5.26 Å². The number of halogens is 2. The molecule has 29 heavy (non-hydrogen) atoms. The van der Waals surface area contributed by atoms with Crippen LogP contribution in [0.4, 0.5) is 5.69 Å². The fraction of sp³-hybridized carbons (Fsp3) is 0.150. The number of nitrogens with one attached hydrogen (secondary N) is 1. The van der Waals surface area contributed by atoms with Gasteiger partial charge in [0.15, 0.2) is 18.1 Å². The maximum absolute atomic E-state index is 12.4. The van der Waals surface area contributed by atoms with E-state index >= 15 is 0 Å². The van der Waals surface area contributed by atoms with Crippen molar-refractivity contribution in [2.75, 3.05) is 19.0 Å². The quantitative estimate of drug-likeness (QED) is 0.495. The monoisotopic (exact) mass is 434 g/mol. The van der Waals surface area contributed by atoms with Crippen molar-refractivity contribution in [2.24, 2.45) is 0 Å². The highest BCUT2D eigenvalue weighted by Gasteiger charge is 2.15. The third-order valence-corrected chi connectivity index (χ3v) is 4.39. The summed E-state index contributed by atoms with van der Waals surface area (Å²) in [4.78, 5) is 23.1. The number of anilines is 1. The summed E-state index contributed by atoms with van der Waals surface area (Å²) in [7, 11) is 1.35. The number of carboxylic acid groups (broad SMARTS) is 1. The summed E-state index contributed by atoms with van der Waals surface area (Å²) in [6, 6.07) is 9.72. The standard InChI is InChI=1S/C20H16Cl2N2O5/c1-11-3-4-14(8-15(11)21)24-20(27)13(9-23)5-12-6-16(22)19(17(7-12)28-2)29-10-18(25)26/h3-8H,10H2,1-2H3,(H,24,27)(H,25,26)/b13-5-. The molecule has 0 aliphatic rings. The smallest absolute Gasteiger partial charge is 0.341 e. The summed E-state index contributed by atoms with van der Waals surface area (Å²) < 4.78 is 10.3. The van der Waals surface area contributed by atoms with E-state index in [1.54, 1.807) is 18.2 Å². The maximum Gasteiger partial charge on any atom is 0.341 e. The van der Waals surface area contributed by atoms with Crippen LogP contribution in [0.1, 0.15) is 11.1 Å². The molecular formula is C20H16Cl2N2O5. The average molecular weight is 435 g/mol. The summed E-state index contributed by atoms with van der Waals surface area (Å²) in [6.45, 7) is 1.23. The number of rotatable bonds is 7. The summed E-state index contributed by atoms with van der Waals surface area (Å²) in [5.41, 5.74) is 1.51. The molecule has 9 heteroatoms. The molecule has 0 aliphatic heterocycles. The maximum atomic E-state index is 12.4. The second-order valence-electron chi connectivity index (χ2n) is 5.80. The minimum absolute atomic E-state index is 0.0472. The van der Waals surface area contributed by atoms with Gasteiger partial charge in [-0.3, -0.25) is 4.79 Å². The van der Waals surface area contributed by atoms with Gasteiger partial charge in [0, 0.05) is 10.7 Å². The predicted molar refractivity (Wildman–Crippen MR) is 110 cm³/mol. The van der Waals surface area contributed by atoms with Crippen LogP contribution in [-0.2, 0) is 9.59 Å². The first-order valence-electron chi connectivity index (χ1n) is 8.16. The lowest BCUT2D eigenvalue weighted by atomic mass is 10.1. The Morgan fingerprint density at radius 2 is 1.97 bits per heavy atom. The molecule has 0 radical (unpaired) electrons. The Bertz CT molecular complexity index is 1030. The number of benzene rings is 2. The molecule has 2 aromatic carbocycles. The number of carboxylic acids is 1. The molecule has 0 saturated carbocycles. The summed E-state index contributed by atoms with van der Waals surface area (Å²) in [5, 5.41) is 21.3. The largest absolute Gasteiger partial charge is 0.493 e. The third kappa shape index (κ3) is 5.88. The fourth-order valence-corrected chi connectivity index (χ4v) is 2.74. The molecule has 0 aliphatic carbocycles. The van der Waals surface area contributed by atoms with Gasteiger partial charge < -0.3 is 19.9 Å². The number of aryl methyl sites for hydroxylation is 1. The molecule has 0 unspecified atom stereocenters. The SMILES string of the molecule is COc1cc(/C=C(/C#N)C(=O)Nc2ccc(C)c(Cl)c2)cc(Cl)c1OCC(=O)O. The van der Waals surface area contributed by atoms with E-state index in [9.17, 15) is 14.9 Å². The highest BCUT2D eigenvalue weighted by Crippen LogP contribution is 2.37. The van der Waals surface area contributed by atoms with E-state index in [-0.39, 0.29) is 22.1 Å². The molecule has 0 fully saturated rings. The molecule has 0 heterocycles. The first kappa shape index (κ1) is 22.1. The lowest BCUT2D eigenvalue weighted by Crippen LogP contribution is -2.13. The second-order valence-corrected chi connectivity index (χ2v) is 6.62. The number of carbonyl (C=O) groups is 2. The Hall–Kier alpha value is -3.21. The zero-order valence-electron chi connectivity index (χ0n) is 15.5. The van der Waals surface area contributed by atoms with E-state index in [1.165, 1.54) is 25.3 Å². The summed E-state index contributed by atoms with van der Waals surface area (Å²) >= 11 is 12.2. The fourth-order valence-electron chi connectivity index (χ4n) is 2.28. The number of nitrogens with zero attached hydrogens (tertiary/aromatic N) is 1. The molecule has 7 nitrogen and oxygen atoms in total. The zero-order valence-corrected chi connectivity index (χ0v) is 17.0. The first-order chi connectivity index (χ1) is 13.7. The van der Waals surface area contributed by atoms with Crippen LogP contribution in [0, 0.1) is 18.3 Å². The van der Waals surface area contributed by atoms with E-state index in [1.807, 2.05) is 13.0 Å². The normalized spacial score (nSPS) is 10.8. The predicted octanol–water partition coefficient (Wildman–Crippen LogP) is 4.32. The van der Waals surface area contributed by atoms with Crippen molar-refractivity contribution in [3.63, 3.8) is 0 Å². The van der Waals surface area contributed by atoms with E-state index in [4.69, 9.17) is 37.8 Å². The van der Waals surface area contributed by atoms with Gasteiger partial charge in [0.2, 0.25) is 0 Å². The lowest BCUT2D eigenvalue weighted by molar-refractivity contribution is -0.139. The number of methoxy groups -OCH3 is 1. The molecule has 150 valence electrons. The van der Waals surface area contributed by atoms with Gasteiger partial charge in [0.25, 0.3) is 5.91 Å². The molecule has 0 spiro atoms. The highest BCUT2D eigenvalue weighted by atomic mass is 35.5. The molecule has 1 amide bonds. The molecule has 0 aromatic heterocycles. The molecule has 2 N–H and O–H groups in total. The molecule has 0 bridgehead atoms. The van der Waals surface area contributed by atoms with Gasteiger partial charge in [-0.2, -0.15) is 5.26 Å². The topological polar surface area (TPSA) is 109 Å². The summed E-state index contributed by atoms with van der Waals surface area (Å²) in [5.74, 6) is -1.60. The highest BCUT2D eigenvalue weighted by molar-refractivity contribution is 6.32. The molecular weight excluding hydrogens is 419 g/mol. The number of amides is 1. The van der Waals surface area contributed by atoms with Crippen molar-refractivity contribution >= 4 is 46.8 Å². The Morgan fingerprint density at radius 1 is 1.24 bits per heavy atom. The zero-order chi connectivity index (χ0) is 21.6. The van der Waals surface area contributed by atoms with Crippen LogP contribution < -0.4 is 14.8 Å². The van der Waals surface area contributed by atoms with Crippen molar-refractivity contribution in [3.8, 4) is 17.6 Å².